The van der Waals surface area contributed by atoms with E-state index in [1.54, 1.807) is 7.11 Å². The van der Waals surface area contributed by atoms with Gasteiger partial charge in [-0.15, -0.1) is 0 Å². The first-order valence-electron chi connectivity index (χ1n) is 5.83. The summed E-state index contributed by atoms with van der Waals surface area (Å²) in [6.07, 6.45) is 1.07. The van der Waals surface area contributed by atoms with Crippen LogP contribution in [0.5, 0.6) is 0 Å². The number of nitrogens with zero attached hydrogens (tertiary/aromatic N) is 3. The molecule has 0 aliphatic carbocycles. The maximum Gasteiger partial charge on any atom is 0.158 e. The molecule has 1 heterocycles. The van der Waals surface area contributed by atoms with Crippen LogP contribution in [0.1, 0.15) is 26.1 Å². The van der Waals surface area contributed by atoms with Crippen LogP contribution in [-0.4, -0.2) is 30.2 Å². The summed E-state index contributed by atoms with van der Waals surface area (Å²) in [5, 5.41) is 0. The number of nitrogen functional groups attached to an aromatic ring is 1. The van der Waals surface area contributed by atoms with E-state index in [4.69, 9.17) is 10.6 Å². The van der Waals surface area contributed by atoms with Crippen molar-refractivity contribution in [3.05, 3.63) is 11.9 Å². The number of methoxy groups -OCH3 is 1. The van der Waals surface area contributed by atoms with Gasteiger partial charge in [0.05, 0.1) is 0 Å². The van der Waals surface area contributed by atoms with E-state index in [1.807, 2.05) is 6.07 Å². The number of ether oxygens (including phenoxy) is 1. The first-order chi connectivity index (χ1) is 8.24. The summed E-state index contributed by atoms with van der Waals surface area (Å²) in [6.45, 7) is 6.49. The lowest BCUT2D eigenvalue weighted by Crippen LogP contribution is -2.25. The lowest BCUT2D eigenvalue weighted by molar-refractivity contribution is 0.178. The quantitative estimate of drug-likeness (QED) is 0.549. The molecule has 0 bridgehead atoms. The van der Waals surface area contributed by atoms with Crippen LogP contribution in [0.25, 0.3) is 0 Å². The Morgan fingerprint density at radius 2 is 2.18 bits per heavy atom. The second kappa shape index (κ2) is 7.03. The summed E-state index contributed by atoms with van der Waals surface area (Å²) < 4.78 is 5.04. The number of hydrogen-bond donors (Lipinski definition) is 2. The average molecular weight is 239 g/mol. The van der Waals surface area contributed by atoms with Crippen LogP contribution in [0, 0.1) is 0 Å². The minimum atomic E-state index is 0.381. The van der Waals surface area contributed by atoms with Crippen molar-refractivity contribution in [1.29, 1.82) is 0 Å². The summed E-state index contributed by atoms with van der Waals surface area (Å²) in [5.74, 6) is 7.52. The van der Waals surface area contributed by atoms with E-state index in [9.17, 15) is 0 Å². The zero-order chi connectivity index (χ0) is 12.7. The second-order valence-corrected chi connectivity index (χ2v) is 3.68. The lowest BCUT2D eigenvalue weighted by Gasteiger charge is -2.22. The van der Waals surface area contributed by atoms with Gasteiger partial charge in [-0.25, -0.2) is 15.8 Å². The van der Waals surface area contributed by atoms with E-state index in [-0.39, 0.29) is 0 Å². The fraction of sp³-hybridized carbons (Fsp3) is 0.636. The number of rotatable bonds is 7. The van der Waals surface area contributed by atoms with Gasteiger partial charge in [0, 0.05) is 26.3 Å². The molecule has 0 radical (unpaired) electrons. The number of nitrogens with one attached hydrogen (secondary N) is 1. The molecule has 6 nitrogen and oxygen atoms in total. The van der Waals surface area contributed by atoms with Gasteiger partial charge in [-0.2, -0.15) is 0 Å². The molecule has 6 heteroatoms. The monoisotopic (exact) mass is 239 g/mol. The highest BCUT2D eigenvalue weighted by atomic mass is 16.5. The Labute approximate surface area is 102 Å². The van der Waals surface area contributed by atoms with Crippen molar-refractivity contribution in [2.75, 3.05) is 30.5 Å². The van der Waals surface area contributed by atoms with Crippen molar-refractivity contribution in [2.24, 2.45) is 5.84 Å². The van der Waals surface area contributed by atoms with Gasteiger partial charge in [0.2, 0.25) is 0 Å². The Hall–Kier alpha value is -1.40. The predicted octanol–water partition coefficient (Wildman–Crippen LogP) is 1.14. The highest BCUT2D eigenvalue weighted by molar-refractivity contribution is 5.48. The summed E-state index contributed by atoms with van der Waals surface area (Å²) in [4.78, 5) is 10.9. The highest BCUT2D eigenvalue weighted by Crippen LogP contribution is 2.16. The van der Waals surface area contributed by atoms with Gasteiger partial charge < -0.3 is 15.1 Å². The standard InChI is InChI=1S/C11H21N5O/c1-4-6-16(5-2)11-7-9(15-12)13-10(14-11)8-17-3/h7H,4-6,8,12H2,1-3H3,(H,13,14,15). The van der Waals surface area contributed by atoms with E-state index in [2.05, 4.69) is 34.1 Å². The van der Waals surface area contributed by atoms with Crippen molar-refractivity contribution in [3.63, 3.8) is 0 Å². The Morgan fingerprint density at radius 3 is 2.71 bits per heavy atom. The second-order valence-electron chi connectivity index (χ2n) is 3.68. The van der Waals surface area contributed by atoms with E-state index >= 15 is 0 Å². The Kier molecular flexibility index (Phi) is 5.65. The summed E-state index contributed by atoms with van der Waals surface area (Å²) in [6, 6.07) is 1.85. The predicted molar refractivity (Wildman–Crippen MR) is 68.7 cm³/mol. The average Bonchev–Trinajstić information content (AvgIpc) is 2.35. The molecule has 0 aliphatic rings. The largest absolute Gasteiger partial charge is 0.377 e. The van der Waals surface area contributed by atoms with Crippen molar-refractivity contribution >= 4 is 11.6 Å². The van der Waals surface area contributed by atoms with Crippen LogP contribution in [0.15, 0.2) is 6.07 Å². The zero-order valence-corrected chi connectivity index (χ0v) is 10.7. The molecule has 17 heavy (non-hydrogen) atoms. The molecule has 0 aromatic carbocycles. The molecular weight excluding hydrogens is 218 g/mol. The maximum atomic E-state index is 5.40. The minimum absolute atomic E-state index is 0.381. The summed E-state index contributed by atoms with van der Waals surface area (Å²) in [7, 11) is 1.62. The van der Waals surface area contributed by atoms with E-state index in [1.165, 1.54) is 0 Å². The van der Waals surface area contributed by atoms with Gasteiger partial charge in [0.15, 0.2) is 5.82 Å². The molecule has 3 N–H and O–H groups in total. The van der Waals surface area contributed by atoms with Crippen LogP contribution in [0.3, 0.4) is 0 Å². The van der Waals surface area contributed by atoms with E-state index in [0.29, 0.717) is 18.2 Å². The topological polar surface area (TPSA) is 76.3 Å². The molecular formula is C11H21N5O. The Bertz CT molecular complexity index is 345. The summed E-state index contributed by atoms with van der Waals surface area (Å²) in [5.41, 5.74) is 2.55. The first kappa shape index (κ1) is 13.7. The fourth-order valence-corrected chi connectivity index (χ4v) is 1.62. The Balaban J connectivity index is 2.99. The van der Waals surface area contributed by atoms with Gasteiger partial charge in [-0.05, 0) is 13.3 Å². The normalized spacial score (nSPS) is 10.4. The van der Waals surface area contributed by atoms with Gasteiger partial charge in [0.1, 0.15) is 18.2 Å². The van der Waals surface area contributed by atoms with Crippen LogP contribution in [-0.2, 0) is 11.3 Å². The molecule has 1 rings (SSSR count). The molecule has 0 atom stereocenters. The smallest absolute Gasteiger partial charge is 0.158 e. The molecule has 1 aromatic rings. The summed E-state index contributed by atoms with van der Waals surface area (Å²) >= 11 is 0. The number of anilines is 2. The van der Waals surface area contributed by atoms with Crippen molar-refractivity contribution in [2.45, 2.75) is 26.9 Å². The highest BCUT2D eigenvalue weighted by Gasteiger charge is 2.09. The van der Waals surface area contributed by atoms with E-state index in [0.717, 1.165) is 25.3 Å². The molecule has 0 amide bonds. The third kappa shape index (κ3) is 3.83. The zero-order valence-electron chi connectivity index (χ0n) is 10.7. The van der Waals surface area contributed by atoms with Crippen LogP contribution < -0.4 is 16.2 Å². The first-order valence-corrected chi connectivity index (χ1v) is 5.83. The number of hydrogen-bond acceptors (Lipinski definition) is 6. The molecule has 0 fully saturated rings. The molecule has 96 valence electrons. The van der Waals surface area contributed by atoms with Crippen molar-refractivity contribution in [1.82, 2.24) is 9.97 Å². The van der Waals surface area contributed by atoms with Crippen molar-refractivity contribution in [3.8, 4) is 0 Å². The van der Waals surface area contributed by atoms with Gasteiger partial charge in [-0.1, -0.05) is 6.92 Å². The fourth-order valence-electron chi connectivity index (χ4n) is 1.62. The molecule has 0 aliphatic heterocycles. The Morgan fingerprint density at radius 1 is 1.41 bits per heavy atom. The van der Waals surface area contributed by atoms with Gasteiger partial charge in [-0.3, -0.25) is 0 Å². The van der Waals surface area contributed by atoms with Crippen LogP contribution in [0.4, 0.5) is 11.6 Å². The third-order valence-corrected chi connectivity index (χ3v) is 2.38. The van der Waals surface area contributed by atoms with Gasteiger partial charge >= 0.3 is 0 Å². The van der Waals surface area contributed by atoms with E-state index < -0.39 is 0 Å². The number of hydrazine groups is 1. The minimum Gasteiger partial charge on any atom is -0.377 e. The molecule has 0 unspecified atom stereocenters. The number of nitrogens with two attached hydrogens (primary N) is 1. The SMILES string of the molecule is CCCN(CC)c1cc(NN)nc(COC)n1. The molecule has 0 spiro atoms. The number of aromatic nitrogens is 2. The van der Waals surface area contributed by atoms with Gasteiger partial charge in [0.25, 0.3) is 0 Å². The third-order valence-electron chi connectivity index (χ3n) is 2.38. The molecule has 0 saturated carbocycles. The van der Waals surface area contributed by atoms with Crippen molar-refractivity contribution < 1.29 is 4.74 Å². The van der Waals surface area contributed by atoms with Crippen LogP contribution in [0.2, 0.25) is 0 Å². The van der Waals surface area contributed by atoms with Crippen LogP contribution >= 0.6 is 0 Å². The lowest BCUT2D eigenvalue weighted by atomic mass is 10.3. The maximum absolute atomic E-state index is 5.40. The molecule has 1 aromatic heterocycles. The molecule has 0 saturated heterocycles.